The minimum Gasteiger partial charge on any atom is -0.394 e. The second-order valence-corrected chi connectivity index (χ2v) is 6.57. The Balaban J connectivity index is 3.24. The van der Waals surface area contributed by atoms with Gasteiger partial charge >= 0.3 is 0 Å². The van der Waals surface area contributed by atoms with Crippen LogP contribution in [-0.4, -0.2) is 42.8 Å². The van der Waals surface area contributed by atoms with Gasteiger partial charge in [0.1, 0.15) is 6.04 Å². The van der Waals surface area contributed by atoms with Crippen molar-refractivity contribution in [1.82, 2.24) is 4.90 Å². The molecule has 22 heavy (non-hydrogen) atoms. The van der Waals surface area contributed by atoms with Crippen LogP contribution < -0.4 is 0 Å². The number of nitroso groups, excluding NO2 is 1. The molecule has 4 nitrogen and oxygen atoms in total. The van der Waals surface area contributed by atoms with Gasteiger partial charge in [0.25, 0.3) is 0 Å². The molecule has 0 saturated heterocycles. The maximum absolute atomic E-state index is 10.4. The SMILES string of the molecule is CCCCCCCCCCCCN(C)CCCC(CO)N=O. The van der Waals surface area contributed by atoms with Gasteiger partial charge in [0.05, 0.1) is 6.61 Å². The predicted molar refractivity (Wildman–Crippen MR) is 95.2 cm³/mol. The largest absolute Gasteiger partial charge is 0.394 e. The molecule has 0 aliphatic carbocycles. The van der Waals surface area contributed by atoms with Crippen molar-refractivity contribution in [2.45, 2.75) is 90.0 Å². The minimum atomic E-state index is -0.411. The van der Waals surface area contributed by atoms with Gasteiger partial charge < -0.3 is 10.0 Å². The van der Waals surface area contributed by atoms with Crippen LogP contribution in [0.2, 0.25) is 0 Å². The molecule has 0 rings (SSSR count). The van der Waals surface area contributed by atoms with Gasteiger partial charge in [0.15, 0.2) is 0 Å². The molecule has 0 spiro atoms. The maximum atomic E-state index is 10.4. The van der Waals surface area contributed by atoms with E-state index in [9.17, 15) is 4.91 Å². The third kappa shape index (κ3) is 14.5. The lowest BCUT2D eigenvalue weighted by Gasteiger charge is -2.16. The molecule has 1 atom stereocenters. The highest BCUT2D eigenvalue weighted by Crippen LogP contribution is 2.11. The lowest BCUT2D eigenvalue weighted by molar-refractivity contribution is 0.249. The standard InChI is InChI=1S/C18H38N2O2/c1-3-4-5-6-7-8-9-10-11-12-15-20(2)16-13-14-18(17-21)19-22/h18,21H,3-17H2,1-2H3. The molecule has 0 aliphatic heterocycles. The molecule has 0 bridgehead atoms. The fourth-order valence-electron chi connectivity index (χ4n) is 2.76. The van der Waals surface area contributed by atoms with Crippen molar-refractivity contribution in [3.63, 3.8) is 0 Å². The molecular weight excluding hydrogens is 276 g/mol. The Hall–Kier alpha value is -0.480. The lowest BCUT2D eigenvalue weighted by atomic mass is 10.1. The monoisotopic (exact) mass is 314 g/mol. The smallest absolute Gasteiger partial charge is 0.115 e. The predicted octanol–water partition coefficient (Wildman–Crippen LogP) is 4.75. The van der Waals surface area contributed by atoms with Gasteiger partial charge in [0, 0.05) is 0 Å². The number of aliphatic hydroxyl groups excluding tert-OH is 1. The molecule has 0 aromatic heterocycles. The molecule has 0 saturated carbocycles. The summed E-state index contributed by atoms with van der Waals surface area (Å²) in [4.78, 5) is 12.7. The first-order valence-electron chi connectivity index (χ1n) is 9.36. The second kappa shape index (κ2) is 16.9. The first-order chi connectivity index (χ1) is 10.7. The molecular formula is C18H38N2O2. The molecule has 0 heterocycles. The van der Waals surface area contributed by atoms with Crippen LogP contribution in [-0.2, 0) is 0 Å². The molecule has 0 amide bonds. The van der Waals surface area contributed by atoms with Crippen molar-refractivity contribution in [3.05, 3.63) is 4.91 Å². The highest BCUT2D eigenvalue weighted by Gasteiger charge is 2.07. The van der Waals surface area contributed by atoms with Crippen molar-refractivity contribution in [3.8, 4) is 0 Å². The zero-order valence-corrected chi connectivity index (χ0v) is 14.9. The van der Waals surface area contributed by atoms with Crippen molar-refractivity contribution in [2.75, 3.05) is 26.7 Å². The van der Waals surface area contributed by atoms with E-state index < -0.39 is 6.04 Å². The molecule has 132 valence electrons. The second-order valence-electron chi connectivity index (χ2n) is 6.57. The minimum absolute atomic E-state index is 0.119. The highest BCUT2D eigenvalue weighted by molar-refractivity contribution is 4.64. The summed E-state index contributed by atoms with van der Waals surface area (Å²) in [7, 11) is 2.13. The van der Waals surface area contributed by atoms with Gasteiger partial charge in [0.2, 0.25) is 0 Å². The average molecular weight is 315 g/mol. The van der Waals surface area contributed by atoms with Crippen LogP contribution in [0, 0.1) is 4.91 Å². The van der Waals surface area contributed by atoms with E-state index in [1.165, 1.54) is 64.2 Å². The molecule has 1 N–H and O–H groups in total. The topological polar surface area (TPSA) is 52.9 Å². The molecule has 0 aromatic carbocycles. The van der Waals surface area contributed by atoms with E-state index in [2.05, 4.69) is 24.0 Å². The number of hydrogen-bond acceptors (Lipinski definition) is 4. The third-order valence-corrected chi connectivity index (χ3v) is 4.33. The van der Waals surface area contributed by atoms with E-state index in [0.29, 0.717) is 6.42 Å². The van der Waals surface area contributed by atoms with Gasteiger partial charge in [-0.2, -0.15) is 4.91 Å². The fourth-order valence-corrected chi connectivity index (χ4v) is 2.76. The normalized spacial score (nSPS) is 12.7. The summed E-state index contributed by atoms with van der Waals surface area (Å²) in [5.74, 6) is 0. The number of nitrogens with zero attached hydrogens (tertiary/aromatic N) is 2. The van der Waals surface area contributed by atoms with E-state index in [1.807, 2.05) is 0 Å². The van der Waals surface area contributed by atoms with Gasteiger partial charge in [-0.1, -0.05) is 69.9 Å². The van der Waals surface area contributed by atoms with Crippen molar-refractivity contribution < 1.29 is 5.11 Å². The maximum Gasteiger partial charge on any atom is 0.115 e. The Kier molecular flexibility index (Phi) is 16.5. The van der Waals surface area contributed by atoms with Crippen molar-refractivity contribution in [2.24, 2.45) is 5.18 Å². The van der Waals surface area contributed by atoms with Crippen LogP contribution in [0.4, 0.5) is 0 Å². The van der Waals surface area contributed by atoms with Crippen molar-refractivity contribution >= 4 is 0 Å². The molecule has 0 fully saturated rings. The number of rotatable bonds is 17. The molecule has 1 unspecified atom stereocenters. The van der Waals surface area contributed by atoms with Crippen LogP contribution in [0.3, 0.4) is 0 Å². The van der Waals surface area contributed by atoms with Gasteiger partial charge in [-0.3, -0.25) is 0 Å². The Morgan fingerprint density at radius 1 is 0.864 bits per heavy atom. The molecule has 0 aliphatic rings. The summed E-state index contributed by atoms with van der Waals surface area (Å²) >= 11 is 0. The number of unbranched alkanes of at least 4 members (excludes halogenated alkanes) is 9. The lowest BCUT2D eigenvalue weighted by Crippen LogP contribution is -2.22. The summed E-state index contributed by atoms with van der Waals surface area (Å²) in [6, 6.07) is -0.411. The first kappa shape index (κ1) is 21.5. The Morgan fingerprint density at radius 2 is 1.36 bits per heavy atom. The quantitative estimate of drug-likeness (QED) is 0.311. The molecule has 0 aromatic rings. The van der Waals surface area contributed by atoms with E-state index in [1.54, 1.807) is 0 Å². The van der Waals surface area contributed by atoms with E-state index in [4.69, 9.17) is 5.11 Å². The van der Waals surface area contributed by atoms with Crippen molar-refractivity contribution in [1.29, 1.82) is 0 Å². The molecule has 0 radical (unpaired) electrons. The first-order valence-corrected chi connectivity index (χ1v) is 9.36. The van der Waals surface area contributed by atoms with Gasteiger partial charge in [-0.25, -0.2) is 0 Å². The highest BCUT2D eigenvalue weighted by atomic mass is 16.3. The zero-order valence-electron chi connectivity index (χ0n) is 14.9. The van der Waals surface area contributed by atoms with E-state index >= 15 is 0 Å². The average Bonchev–Trinajstić information content (AvgIpc) is 2.53. The summed E-state index contributed by atoms with van der Waals surface area (Å²) in [6.45, 7) is 4.27. The Labute approximate surface area is 137 Å². The van der Waals surface area contributed by atoms with E-state index in [0.717, 1.165) is 19.5 Å². The Bertz CT molecular complexity index is 237. The Morgan fingerprint density at radius 3 is 1.86 bits per heavy atom. The van der Waals surface area contributed by atoms with Gasteiger partial charge in [-0.15, -0.1) is 0 Å². The van der Waals surface area contributed by atoms with Crippen LogP contribution in [0.5, 0.6) is 0 Å². The van der Waals surface area contributed by atoms with Crippen LogP contribution >= 0.6 is 0 Å². The summed E-state index contributed by atoms with van der Waals surface area (Å²) < 4.78 is 0. The summed E-state index contributed by atoms with van der Waals surface area (Å²) in [6.07, 6.45) is 15.4. The van der Waals surface area contributed by atoms with Crippen LogP contribution in [0.1, 0.15) is 84.0 Å². The molecule has 4 heteroatoms. The van der Waals surface area contributed by atoms with Gasteiger partial charge in [-0.05, 0) is 39.4 Å². The number of aliphatic hydroxyl groups is 1. The fraction of sp³-hybridized carbons (Fsp3) is 1.00. The number of hydrogen-bond donors (Lipinski definition) is 1. The summed E-state index contributed by atoms with van der Waals surface area (Å²) in [5.41, 5.74) is 0. The van der Waals surface area contributed by atoms with Crippen LogP contribution in [0.15, 0.2) is 5.18 Å². The summed E-state index contributed by atoms with van der Waals surface area (Å²) in [5, 5.41) is 11.8. The zero-order chi connectivity index (χ0) is 16.5. The third-order valence-electron chi connectivity index (χ3n) is 4.33. The van der Waals surface area contributed by atoms with E-state index in [-0.39, 0.29) is 6.61 Å². The van der Waals surface area contributed by atoms with Crippen LogP contribution in [0.25, 0.3) is 0 Å².